The van der Waals surface area contributed by atoms with E-state index in [4.69, 9.17) is 9.47 Å². The number of rotatable bonds is 2. The van der Waals surface area contributed by atoms with Crippen LogP contribution < -0.4 is 5.32 Å². The van der Waals surface area contributed by atoms with Crippen LogP contribution in [0.2, 0.25) is 0 Å². The third-order valence-corrected chi connectivity index (χ3v) is 2.73. The second kappa shape index (κ2) is 4.53. The normalized spacial score (nSPS) is 44.1. The number of halogens is 1. The van der Waals surface area contributed by atoms with E-state index in [9.17, 15) is 9.50 Å². The molecule has 4 nitrogen and oxygen atoms in total. The van der Waals surface area contributed by atoms with Crippen LogP contribution in [0.5, 0.6) is 0 Å². The molecule has 2 N–H and O–H groups in total. The molecular formula is C9H16FNO3. The topological polar surface area (TPSA) is 50.7 Å². The molecule has 0 aliphatic carbocycles. The van der Waals surface area contributed by atoms with Gasteiger partial charge in [-0.15, -0.1) is 0 Å². The molecule has 0 aromatic heterocycles. The van der Waals surface area contributed by atoms with Crippen LogP contribution in [0.15, 0.2) is 0 Å². The molecule has 0 radical (unpaired) electrons. The average molecular weight is 205 g/mol. The molecule has 2 fully saturated rings. The van der Waals surface area contributed by atoms with Gasteiger partial charge in [-0.2, -0.15) is 0 Å². The lowest BCUT2D eigenvalue weighted by atomic mass is 10.1. The highest BCUT2D eigenvalue weighted by atomic mass is 19.1. The molecule has 2 saturated heterocycles. The van der Waals surface area contributed by atoms with Gasteiger partial charge in [-0.25, -0.2) is 4.39 Å². The van der Waals surface area contributed by atoms with Gasteiger partial charge in [0.25, 0.3) is 0 Å². The van der Waals surface area contributed by atoms with E-state index in [0.29, 0.717) is 19.8 Å². The fourth-order valence-corrected chi connectivity index (χ4v) is 1.88. The summed E-state index contributed by atoms with van der Waals surface area (Å²) >= 11 is 0. The predicted octanol–water partition coefficient (Wildman–Crippen LogP) is -0.190. The first-order valence-electron chi connectivity index (χ1n) is 5.05. The minimum atomic E-state index is -1.25. The number of hydrogen-bond donors (Lipinski definition) is 2. The molecule has 14 heavy (non-hydrogen) atoms. The van der Waals surface area contributed by atoms with Crippen LogP contribution in [-0.2, 0) is 9.47 Å². The maximum atomic E-state index is 13.2. The van der Waals surface area contributed by atoms with Gasteiger partial charge in [-0.3, -0.25) is 0 Å². The molecule has 0 aromatic carbocycles. The first-order valence-corrected chi connectivity index (χ1v) is 5.05. The van der Waals surface area contributed by atoms with Gasteiger partial charge >= 0.3 is 0 Å². The molecule has 2 aliphatic rings. The zero-order chi connectivity index (χ0) is 9.97. The Morgan fingerprint density at radius 3 is 2.79 bits per heavy atom. The maximum absolute atomic E-state index is 13.2. The van der Waals surface area contributed by atoms with Gasteiger partial charge in [0.05, 0.1) is 38.0 Å². The highest BCUT2D eigenvalue weighted by molar-refractivity contribution is 4.86. The van der Waals surface area contributed by atoms with E-state index >= 15 is 0 Å². The number of nitrogens with one attached hydrogen (secondary N) is 1. The summed E-state index contributed by atoms with van der Waals surface area (Å²) in [7, 11) is 0. The van der Waals surface area contributed by atoms with Gasteiger partial charge < -0.3 is 19.9 Å². The fourth-order valence-electron chi connectivity index (χ4n) is 1.88. The van der Waals surface area contributed by atoms with Crippen molar-refractivity contribution in [2.45, 2.75) is 37.4 Å². The van der Waals surface area contributed by atoms with E-state index in [0.717, 1.165) is 12.8 Å². The number of aliphatic hydroxyl groups excluding tert-OH is 1. The molecule has 2 rings (SSSR count). The Morgan fingerprint density at radius 2 is 2.14 bits per heavy atom. The Labute approximate surface area is 82.4 Å². The second-order valence-electron chi connectivity index (χ2n) is 3.85. The Bertz CT molecular complexity index is 193. The van der Waals surface area contributed by atoms with E-state index in [1.54, 1.807) is 0 Å². The van der Waals surface area contributed by atoms with Crippen LogP contribution in [-0.4, -0.2) is 49.5 Å². The Hall–Kier alpha value is -0.230. The number of hydrogen-bond acceptors (Lipinski definition) is 4. The predicted molar refractivity (Wildman–Crippen MR) is 47.6 cm³/mol. The largest absolute Gasteiger partial charge is 0.389 e. The minimum absolute atomic E-state index is 0.153. The van der Waals surface area contributed by atoms with Crippen molar-refractivity contribution in [3.8, 4) is 0 Å². The first-order chi connectivity index (χ1) is 6.77. The molecule has 2 heterocycles. The lowest BCUT2D eigenvalue weighted by molar-refractivity contribution is -0.0932. The smallest absolute Gasteiger partial charge is 0.214 e. The molecular weight excluding hydrogens is 189 g/mol. The average Bonchev–Trinajstić information content (AvgIpc) is 2.56. The highest BCUT2D eigenvalue weighted by Gasteiger charge is 2.32. The standard InChI is InChI=1S/C9H16FNO3/c10-9-6(2-1-3-14-9)11-7-4-13-5-8(7)12/h6-9,11-12H,1-5H2. The van der Waals surface area contributed by atoms with E-state index in [-0.39, 0.29) is 12.1 Å². The van der Waals surface area contributed by atoms with Gasteiger partial charge in [0.15, 0.2) is 0 Å². The number of aliphatic hydroxyl groups is 1. The number of alkyl halides is 1. The van der Waals surface area contributed by atoms with Gasteiger partial charge in [0, 0.05) is 0 Å². The van der Waals surface area contributed by atoms with Crippen molar-refractivity contribution in [1.82, 2.24) is 5.32 Å². The zero-order valence-electron chi connectivity index (χ0n) is 7.99. The van der Waals surface area contributed by atoms with Crippen molar-refractivity contribution >= 4 is 0 Å². The quantitative estimate of drug-likeness (QED) is 0.656. The van der Waals surface area contributed by atoms with Crippen molar-refractivity contribution in [3.05, 3.63) is 0 Å². The summed E-state index contributed by atoms with van der Waals surface area (Å²) in [6.07, 6.45) is -0.160. The molecule has 0 amide bonds. The second-order valence-corrected chi connectivity index (χ2v) is 3.85. The summed E-state index contributed by atoms with van der Waals surface area (Å²) in [5.74, 6) is 0. The van der Waals surface area contributed by atoms with Crippen LogP contribution in [0.25, 0.3) is 0 Å². The van der Waals surface area contributed by atoms with Gasteiger partial charge in [-0.05, 0) is 12.8 Å². The molecule has 0 saturated carbocycles. The van der Waals surface area contributed by atoms with E-state index in [1.165, 1.54) is 0 Å². The molecule has 0 bridgehead atoms. The first kappa shape index (κ1) is 10.3. The van der Waals surface area contributed by atoms with E-state index in [1.807, 2.05) is 0 Å². The fraction of sp³-hybridized carbons (Fsp3) is 1.00. The molecule has 0 aromatic rings. The molecule has 5 heteroatoms. The Balaban J connectivity index is 1.83. The lowest BCUT2D eigenvalue weighted by Crippen LogP contribution is -2.51. The third kappa shape index (κ3) is 2.23. The maximum Gasteiger partial charge on any atom is 0.214 e. The SMILES string of the molecule is OC1COCC1NC1CCCOC1F. The summed E-state index contributed by atoms with van der Waals surface area (Å²) in [6.45, 7) is 1.27. The zero-order valence-corrected chi connectivity index (χ0v) is 7.99. The summed E-state index contributed by atoms with van der Waals surface area (Å²) in [6, 6.07) is -0.454. The summed E-state index contributed by atoms with van der Waals surface area (Å²) in [4.78, 5) is 0. The van der Waals surface area contributed by atoms with Crippen LogP contribution >= 0.6 is 0 Å². The lowest BCUT2D eigenvalue weighted by Gasteiger charge is -2.29. The van der Waals surface area contributed by atoms with Crippen LogP contribution in [0.1, 0.15) is 12.8 Å². The van der Waals surface area contributed by atoms with Gasteiger partial charge in [0.2, 0.25) is 6.36 Å². The van der Waals surface area contributed by atoms with Crippen LogP contribution in [0.3, 0.4) is 0 Å². The van der Waals surface area contributed by atoms with Crippen molar-refractivity contribution in [3.63, 3.8) is 0 Å². The summed E-state index contributed by atoms with van der Waals surface area (Å²) in [5, 5.41) is 12.5. The van der Waals surface area contributed by atoms with Gasteiger partial charge in [0.1, 0.15) is 0 Å². The summed E-state index contributed by atoms with van der Waals surface area (Å²) < 4.78 is 23.2. The van der Waals surface area contributed by atoms with Crippen LogP contribution in [0, 0.1) is 0 Å². The molecule has 4 unspecified atom stereocenters. The highest BCUT2D eigenvalue weighted by Crippen LogP contribution is 2.17. The van der Waals surface area contributed by atoms with Crippen molar-refractivity contribution in [2.24, 2.45) is 0 Å². The van der Waals surface area contributed by atoms with Crippen molar-refractivity contribution < 1.29 is 19.0 Å². The molecule has 4 atom stereocenters. The van der Waals surface area contributed by atoms with Crippen molar-refractivity contribution in [1.29, 1.82) is 0 Å². The minimum Gasteiger partial charge on any atom is -0.389 e. The molecule has 82 valence electrons. The van der Waals surface area contributed by atoms with Gasteiger partial charge in [-0.1, -0.05) is 0 Å². The van der Waals surface area contributed by atoms with Crippen molar-refractivity contribution in [2.75, 3.05) is 19.8 Å². The van der Waals surface area contributed by atoms with E-state index in [2.05, 4.69) is 5.32 Å². The Morgan fingerprint density at radius 1 is 1.29 bits per heavy atom. The third-order valence-electron chi connectivity index (χ3n) is 2.73. The van der Waals surface area contributed by atoms with E-state index < -0.39 is 12.5 Å². The Kier molecular flexibility index (Phi) is 3.33. The van der Waals surface area contributed by atoms with Crippen LogP contribution in [0.4, 0.5) is 4.39 Å². The monoisotopic (exact) mass is 205 g/mol. The summed E-state index contributed by atoms with van der Waals surface area (Å²) in [5.41, 5.74) is 0. The molecule has 0 spiro atoms. The molecule has 2 aliphatic heterocycles. The number of ether oxygens (including phenoxy) is 2.